The predicted octanol–water partition coefficient (Wildman–Crippen LogP) is 1.79. The van der Waals surface area contributed by atoms with Crippen LogP contribution < -0.4 is 4.74 Å². The van der Waals surface area contributed by atoms with E-state index in [-0.39, 0.29) is 6.04 Å². The van der Waals surface area contributed by atoms with Crippen molar-refractivity contribution in [2.45, 2.75) is 13.0 Å². The summed E-state index contributed by atoms with van der Waals surface area (Å²) in [5.41, 5.74) is 0. The Balaban J connectivity index is 2.39. The van der Waals surface area contributed by atoms with E-state index in [9.17, 15) is 4.79 Å². The van der Waals surface area contributed by atoms with E-state index in [4.69, 9.17) is 4.74 Å². The fourth-order valence-corrected chi connectivity index (χ4v) is 0.861. The number of aliphatic imine (C=N–C) groups is 1. The third-order valence-electron chi connectivity index (χ3n) is 1.51. The minimum Gasteiger partial charge on any atom is -0.491 e. The smallest absolute Gasteiger partial charge is 0.235 e. The van der Waals surface area contributed by atoms with E-state index in [0.717, 1.165) is 5.75 Å². The molecule has 1 rings (SSSR count). The molecular formula is C10H11NO2. The third-order valence-corrected chi connectivity index (χ3v) is 1.51. The van der Waals surface area contributed by atoms with Crippen LogP contribution >= 0.6 is 0 Å². The lowest BCUT2D eigenvalue weighted by Gasteiger charge is -2.06. The van der Waals surface area contributed by atoms with Crippen LogP contribution in [0.1, 0.15) is 6.92 Å². The maximum absolute atomic E-state index is 9.88. The van der Waals surface area contributed by atoms with Crippen LogP contribution in [0.25, 0.3) is 0 Å². The van der Waals surface area contributed by atoms with E-state index in [2.05, 4.69) is 4.99 Å². The van der Waals surface area contributed by atoms with Gasteiger partial charge in [-0.05, 0) is 19.1 Å². The number of benzene rings is 1. The number of rotatable bonds is 4. The average molecular weight is 177 g/mol. The highest BCUT2D eigenvalue weighted by Crippen LogP contribution is 2.08. The Morgan fingerprint density at radius 2 is 2.15 bits per heavy atom. The van der Waals surface area contributed by atoms with Crippen molar-refractivity contribution < 1.29 is 9.53 Å². The molecule has 0 bridgehead atoms. The van der Waals surface area contributed by atoms with Gasteiger partial charge in [0.1, 0.15) is 12.4 Å². The Hall–Kier alpha value is -1.60. The topological polar surface area (TPSA) is 38.7 Å². The Morgan fingerprint density at radius 3 is 2.77 bits per heavy atom. The molecule has 0 heterocycles. The fraction of sp³-hybridized carbons (Fsp3) is 0.300. The normalized spacial score (nSPS) is 11.5. The van der Waals surface area contributed by atoms with Gasteiger partial charge in [0.05, 0.1) is 6.04 Å². The van der Waals surface area contributed by atoms with Gasteiger partial charge in [-0.15, -0.1) is 0 Å². The van der Waals surface area contributed by atoms with Crippen molar-refractivity contribution in [3.63, 3.8) is 0 Å². The monoisotopic (exact) mass is 177 g/mol. The summed E-state index contributed by atoms with van der Waals surface area (Å²) >= 11 is 0. The lowest BCUT2D eigenvalue weighted by atomic mass is 10.3. The summed E-state index contributed by atoms with van der Waals surface area (Å²) in [6, 6.07) is 9.28. The first kappa shape index (κ1) is 9.49. The van der Waals surface area contributed by atoms with Crippen LogP contribution in [0, 0.1) is 0 Å². The molecule has 0 saturated carbocycles. The molecule has 0 saturated heterocycles. The zero-order chi connectivity index (χ0) is 9.52. The van der Waals surface area contributed by atoms with Crippen LogP contribution in [-0.2, 0) is 4.79 Å². The highest BCUT2D eigenvalue weighted by molar-refractivity contribution is 5.33. The molecule has 3 heteroatoms. The average Bonchev–Trinajstić information content (AvgIpc) is 2.17. The number of isocyanates is 1. The molecule has 0 N–H and O–H groups in total. The largest absolute Gasteiger partial charge is 0.491 e. The third kappa shape index (κ3) is 3.54. The second-order valence-corrected chi connectivity index (χ2v) is 2.69. The number of carbonyl (C=O) groups excluding carboxylic acids is 1. The van der Waals surface area contributed by atoms with E-state index < -0.39 is 0 Å². The zero-order valence-electron chi connectivity index (χ0n) is 7.43. The maximum Gasteiger partial charge on any atom is 0.235 e. The highest BCUT2D eigenvalue weighted by atomic mass is 16.5. The van der Waals surface area contributed by atoms with Crippen LogP contribution in [0.15, 0.2) is 35.3 Å². The second-order valence-electron chi connectivity index (χ2n) is 2.69. The molecule has 13 heavy (non-hydrogen) atoms. The van der Waals surface area contributed by atoms with Crippen molar-refractivity contribution >= 4 is 6.08 Å². The SMILES string of the molecule is C[C@@H](COc1ccccc1)N=C=O. The van der Waals surface area contributed by atoms with E-state index in [0.29, 0.717) is 6.61 Å². The highest BCUT2D eigenvalue weighted by Gasteiger charge is 1.99. The van der Waals surface area contributed by atoms with Gasteiger partial charge < -0.3 is 4.74 Å². The number of hydrogen-bond acceptors (Lipinski definition) is 3. The molecule has 0 aliphatic rings. The van der Waals surface area contributed by atoms with Crippen molar-refractivity contribution in [1.82, 2.24) is 0 Å². The first-order valence-electron chi connectivity index (χ1n) is 4.08. The van der Waals surface area contributed by atoms with Crippen LogP contribution in [0.2, 0.25) is 0 Å². The first-order valence-corrected chi connectivity index (χ1v) is 4.08. The standard InChI is InChI=1S/C10H11NO2/c1-9(11-8-12)7-13-10-5-3-2-4-6-10/h2-6,9H,7H2,1H3/t9-/m0/s1. The number of nitrogens with zero attached hydrogens (tertiary/aromatic N) is 1. The molecule has 0 radical (unpaired) electrons. The van der Waals surface area contributed by atoms with Crippen LogP contribution in [0.3, 0.4) is 0 Å². The molecule has 0 spiro atoms. The van der Waals surface area contributed by atoms with Gasteiger partial charge in [0, 0.05) is 0 Å². The van der Waals surface area contributed by atoms with Gasteiger partial charge in [0.15, 0.2) is 0 Å². The summed E-state index contributed by atoms with van der Waals surface area (Å²) in [6.45, 7) is 2.20. The van der Waals surface area contributed by atoms with Gasteiger partial charge in [-0.2, -0.15) is 4.99 Å². The van der Waals surface area contributed by atoms with Crippen LogP contribution in [0.4, 0.5) is 0 Å². The van der Waals surface area contributed by atoms with Crippen LogP contribution in [-0.4, -0.2) is 18.7 Å². The summed E-state index contributed by atoms with van der Waals surface area (Å²) < 4.78 is 5.35. The fourth-order valence-electron chi connectivity index (χ4n) is 0.861. The zero-order valence-corrected chi connectivity index (χ0v) is 7.43. The van der Waals surface area contributed by atoms with E-state index in [1.165, 1.54) is 6.08 Å². The maximum atomic E-state index is 9.88. The van der Waals surface area contributed by atoms with Gasteiger partial charge in [-0.25, -0.2) is 4.79 Å². The molecule has 68 valence electrons. The lowest BCUT2D eigenvalue weighted by Crippen LogP contribution is -2.11. The molecule has 0 aliphatic heterocycles. The van der Waals surface area contributed by atoms with Gasteiger partial charge in [0.2, 0.25) is 6.08 Å². The lowest BCUT2D eigenvalue weighted by molar-refractivity contribution is 0.296. The van der Waals surface area contributed by atoms with Crippen molar-refractivity contribution in [2.24, 2.45) is 4.99 Å². The molecule has 3 nitrogen and oxygen atoms in total. The molecule has 1 atom stereocenters. The molecule has 0 unspecified atom stereocenters. The van der Waals surface area contributed by atoms with Gasteiger partial charge in [0.25, 0.3) is 0 Å². The summed E-state index contributed by atoms with van der Waals surface area (Å²) in [5, 5.41) is 0. The number of hydrogen-bond donors (Lipinski definition) is 0. The predicted molar refractivity (Wildman–Crippen MR) is 49.5 cm³/mol. The molecule has 0 aliphatic carbocycles. The second kappa shape index (κ2) is 5.12. The molecule has 1 aromatic rings. The Kier molecular flexibility index (Phi) is 3.74. The quantitative estimate of drug-likeness (QED) is 0.519. The van der Waals surface area contributed by atoms with Crippen molar-refractivity contribution in [3.8, 4) is 5.75 Å². The minimum atomic E-state index is -0.141. The van der Waals surface area contributed by atoms with Crippen LogP contribution in [0.5, 0.6) is 5.75 Å². The minimum absolute atomic E-state index is 0.141. The summed E-state index contributed by atoms with van der Waals surface area (Å²) in [4.78, 5) is 13.4. The van der Waals surface area contributed by atoms with Gasteiger partial charge in [-0.3, -0.25) is 0 Å². The Morgan fingerprint density at radius 1 is 1.46 bits per heavy atom. The molecule has 1 aromatic carbocycles. The number of ether oxygens (including phenoxy) is 1. The summed E-state index contributed by atoms with van der Waals surface area (Å²) in [6.07, 6.45) is 1.50. The molecular weight excluding hydrogens is 166 g/mol. The van der Waals surface area contributed by atoms with E-state index in [1.807, 2.05) is 30.3 Å². The Labute approximate surface area is 77.1 Å². The first-order chi connectivity index (χ1) is 6.33. The number of para-hydroxylation sites is 1. The van der Waals surface area contributed by atoms with Gasteiger partial charge in [-0.1, -0.05) is 18.2 Å². The summed E-state index contributed by atoms with van der Waals surface area (Å²) in [5.74, 6) is 0.787. The molecule has 0 amide bonds. The van der Waals surface area contributed by atoms with Gasteiger partial charge >= 0.3 is 0 Å². The van der Waals surface area contributed by atoms with Crippen molar-refractivity contribution in [2.75, 3.05) is 6.61 Å². The molecule has 0 fully saturated rings. The van der Waals surface area contributed by atoms with E-state index >= 15 is 0 Å². The van der Waals surface area contributed by atoms with Crippen molar-refractivity contribution in [1.29, 1.82) is 0 Å². The van der Waals surface area contributed by atoms with Crippen molar-refractivity contribution in [3.05, 3.63) is 30.3 Å². The summed E-state index contributed by atoms with van der Waals surface area (Å²) in [7, 11) is 0. The molecule has 0 aromatic heterocycles. The Bertz CT molecular complexity index is 291. The van der Waals surface area contributed by atoms with E-state index in [1.54, 1.807) is 6.92 Å².